The second-order valence-electron chi connectivity index (χ2n) is 4.05. The van der Waals surface area contributed by atoms with E-state index in [1.54, 1.807) is 12.3 Å². The summed E-state index contributed by atoms with van der Waals surface area (Å²) in [6, 6.07) is 1.67. The summed E-state index contributed by atoms with van der Waals surface area (Å²) in [5.74, 6) is -2.61. The highest BCUT2D eigenvalue weighted by atomic mass is 35.5. The molecule has 1 fully saturated rings. The van der Waals surface area contributed by atoms with E-state index in [1.165, 1.54) is 6.20 Å². The maximum Gasteiger partial charge on any atom is 0.250 e. The molecule has 1 aliphatic rings. The summed E-state index contributed by atoms with van der Waals surface area (Å²) in [6.45, 7) is 0.187. The standard InChI is InChI=1S/C10H11ClF2N2/c11-8-3-15-2-1-7(8)9(6-14)4-10(12,13)5-9/h1-3H,4-6,14H2. The van der Waals surface area contributed by atoms with Crippen LogP contribution in [-0.2, 0) is 5.41 Å². The lowest BCUT2D eigenvalue weighted by molar-refractivity contribution is -0.123. The molecule has 0 aliphatic heterocycles. The van der Waals surface area contributed by atoms with Gasteiger partial charge in [0.1, 0.15) is 0 Å². The van der Waals surface area contributed by atoms with E-state index in [-0.39, 0.29) is 19.4 Å². The van der Waals surface area contributed by atoms with Gasteiger partial charge in [-0.25, -0.2) is 8.78 Å². The highest BCUT2D eigenvalue weighted by molar-refractivity contribution is 6.31. The first-order valence-electron chi connectivity index (χ1n) is 4.67. The zero-order chi connectivity index (χ0) is 11.1. The van der Waals surface area contributed by atoms with Crippen LogP contribution in [0.25, 0.3) is 0 Å². The van der Waals surface area contributed by atoms with Crippen molar-refractivity contribution in [1.29, 1.82) is 0 Å². The predicted molar refractivity (Wildman–Crippen MR) is 54.2 cm³/mol. The number of hydrogen-bond acceptors (Lipinski definition) is 2. The van der Waals surface area contributed by atoms with Gasteiger partial charge in [-0.05, 0) is 11.6 Å². The minimum atomic E-state index is -2.61. The molecule has 1 aromatic rings. The van der Waals surface area contributed by atoms with Crippen LogP contribution in [0.5, 0.6) is 0 Å². The summed E-state index contributed by atoms with van der Waals surface area (Å²) in [5, 5.41) is 0.415. The summed E-state index contributed by atoms with van der Waals surface area (Å²) in [5.41, 5.74) is 5.60. The zero-order valence-corrected chi connectivity index (χ0v) is 8.77. The maximum absolute atomic E-state index is 12.9. The van der Waals surface area contributed by atoms with Crippen molar-refractivity contribution in [2.24, 2.45) is 5.73 Å². The Kier molecular flexibility index (Phi) is 2.43. The molecule has 2 rings (SSSR count). The van der Waals surface area contributed by atoms with E-state index >= 15 is 0 Å². The summed E-state index contributed by atoms with van der Waals surface area (Å²) < 4.78 is 25.8. The van der Waals surface area contributed by atoms with Crippen LogP contribution in [0, 0.1) is 0 Å². The van der Waals surface area contributed by atoms with Gasteiger partial charge in [-0.1, -0.05) is 11.6 Å². The van der Waals surface area contributed by atoms with Gasteiger partial charge in [-0.3, -0.25) is 4.98 Å². The third kappa shape index (κ3) is 1.72. The highest BCUT2D eigenvalue weighted by Gasteiger charge is 2.57. The third-order valence-electron chi connectivity index (χ3n) is 2.93. The molecule has 2 nitrogen and oxygen atoms in total. The van der Waals surface area contributed by atoms with Crippen molar-refractivity contribution in [1.82, 2.24) is 4.98 Å². The molecule has 0 aromatic carbocycles. The fourth-order valence-corrected chi connectivity index (χ4v) is 2.51. The van der Waals surface area contributed by atoms with Crippen molar-refractivity contribution < 1.29 is 8.78 Å². The second kappa shape index (κ2) is 3.39. The molecule has 82 valence electrons. The van der Waals surface area contributed by atoms with Crippen molar-refractivity contribution >= 4 is 11.6 Å². The van der Waals surface area contributed by atoms with Gasteiger partial charge >= 0.3 is 0 Å². The number of nitrogens with zero attached hydrogens (tertiary/aromatic N) is 1. The molecule has 0 amide bonds. The van der Waals surface area contributed by atoms with Crippen molar-refractivity contribution in [3.63, 3.8) is 0 Å². The monoisotopic (exact) mass is 232 g/mol. The first-order chi connectivity index (χ1) is 6.99. The molecule has 1 heterocycles. The van der Waals surface area contributed by atoms with Crippen molar-refractivity contribution in [2.75, 3.05) is 6.54 Å². The minimum Gasteiger partial charge on any atom is -0.330 e. The predicted octanol–water partition coefficient (Wildman–Crippen LogP) is 2.36. The first-order valence-corrected chi connectivity index (χ1v) is 5.05. The Hall–Kier alpha value is -0.740. The minimum absolute atomic E-state index is 0.187. The van der Waals surface area contributed by atoms with Crippen LogP contribution in [0.4, 0.5) is 8.78 Å². The molecule has 1 saturated carbocycles. The molecule has 0 radical (unpaired) electrons. The molecule has 2 N–H and O–H groups in total. The third-order valence-corrected chi connectivity index (χ3v) is 3.23. The number of rotatable bonds is 2. The van der Waals surface area contributed by atoms with Crippen LogP contribution >= 0.6 is 11.6 Å². The van der Waals surface area contributed by atoms with Gasteiger partial charge in [0.25, 0.3) is 0 Å². The summed E-state index contributed by atoms with van der Waals surface area (Å²) in [4.78, 5) is 3.83. The number of alkyl halides is 2. The Morgan fingerprint density at radius 1 is 1.47 bits per heavy atom. The summed E-state index contributed by atoms with van der Waals surface area (Å²) in [7, 11) is 0. The lowest BCUT2D eigenvalue weighted by Gasteiger charge is -2.47. The molecule has 0 unspecified atom stereocenters. The SMILES string of the molecule is NCC1(c2ccncc2Cl)CC(F)(F)C1. The molecular formula is C10H11ClF2N2. The van der Waals surface area contributed by atoms with E-state index < -0.39 is 11.3 Å². The molecular weight excluding hydrogens is 222 g/mol. The zero-order valence-electron chi connectivity index (χ0n) is 8.01. The Labute approximate surface area is 91.4 Å². The molecule has 0 saturated heterocycles. The second-order valence-corrected chi connectivity index (χ2v) is 4.46. The van der Waals surface area contributed by atoms with Crippen molar-refractivity contribution in [3.8, 4) is 0 Å². The van der Waals surface area contributed by atoms with E-state index in [4.69, 9.17) is 17.3 Å². The summed E-state index contributed by atoms with van der Waals surface area (Å²) in [6.07, 6.45) is 2.57. The summed E-state index contributed by atoms with van der Waals surface area (Å²) >= 11 is 5.93. The molecule has 5 heteroatoms. The molecule has 0 bridgehead atoms. The molecule has 1 aromatic heterocycles. The van der Waals surface area contributed by atoms with Gasteiger partial charge < -0.3 is 5.73 Å². The topological polar surface area (TPSA) is 38.9 Å². The number of hydrogen-bond donors (Lipinski definition) is 1. The van der Waals surface area contributed by atoms with Gasteiger partial charge in [-0.2, -0.15) is 0 Å². The van der Waals surface area contributed by atoms with Crippen LogP contribution in [0.2, 0.25) is 5.02 Å². The molecule has 1 aliphatic carbocycles. The van der Waals surface area contributed by atoms with E-state index in [9.17, 15) is 8.78 Å². The lowest BCUT2D eigenvalue weighted by Crippen LogP contribution is -2.53. The van der Waals surface area contributed by atoms with Gasteiger partial charge in [0.2, 0.25) is 5.92 Å². The van der Waals surface area contributed by atoms with Crippen molar-refractivity contribution in [2.45, 2.75) is 24.2 Å². The van der Waals surface area contributed by atoms with Gasteiger partial charge in [0.15, 0.2) is 0 Å². The van der Waals surface area contributed by atoms with Crippen molar-refractivity contribution in [3.05, 3.63) is 29.0 Å². The van der Waals surface area contributed by atoms with E-state index in [2.05, 4.69) is 4.98 Å². The van der Waals surface area contributed by atoms with E-state index in [0.717, 1.165) is 0 Å². The van der Waals surface area contributed by atoms with E-state index in [1.807, 2.05) is 0 Å². The quantitative estimate of drug-likeness (QED) is 0.850. The average Bonchev–Trinajstić information content (AvgIpc) is 2.14. The number of halogens is 3. The van der Waals surface area contributed by atoms with Crippen LogP contribution in [0.3, 0.4) is 0 Å². The normalized spacial score (nSPS) is 22.1. The maximum atomic E-state index is 12.9. The van der Waals surface area contributed by atoms with Crippen LogP contribution < -0.4 is 5.73 Å². The Morgan fingerprint density at radius 3 is 2.60 bits per heavy atom. The fraction of sp³-hybridized carbons (Fsp3) is 0.500. The Balaban J connectivity index is 2.34. The Morgan fingerprint density at radius 2 is 2.13 bits per heavy atom. The van der Waals surface area contributed by atoms with Crippen LogP contribution in [-0.4, -0.2) is 17.5 Å². The lowest BCUT2D eigenvalue weighted by atomic mass is 9.62. The van der Waals surface area contributed by atoms with Crippen LogP contribution in [0.15, 0.2) is 18.5 Å². The fourth-order valence-electron chi connectivity index (χ4n) is 2.19. The highest BCUT2D eigenvalue weighted by Crippen LogP contribution is 2.53. The average molecular weight is 233 g/mol. The molecule has 15 heavy (non-hydrogen) atoms. The number of pyridine rings is 1. The first kappa shape index (κ1) is 10.8. The van der Waals surface area contributed by atoms with Gasteiger partial charge in [0.05, 0.1) is 5.02 Å². The van der Waals surface area contributed by atoms with Crippen LogP contribution in [0.1, 0.15) is 18.4 Å². The smallest absolute Gasteiger partial charge is 0.250 e. The van der Waals surface area contributed by atoms with Gasteiger partial charge in [0, 0.05) is 37.2 Å². The van der Waals surface area contributed by atoms with E-state index in [0.29, 0.717) is 10.6 Å². The molecule has 0 atom stereocenters. The molecule has 0 spiro atoms. The largest absolute Gasteiger partial charge is 0.330 e. The Bertz CT molecular complexity index is 373. The number of aromatic nitrogens is 1. The van der Waals surface area contributed by atoms with Gasteiger partial charge in [-0.15, -0.1) is 0 Å². The number of nitrogens with two attached hydrogens (primary N) is 1.